The van der Waals surface area contributed by atoms with Crippen molar-refractivity contribution in [3.63, 3.8) is 0 Å². The maximum absolute atomic E-state index is 14.4. The van der Waals surface area contributed by atoms with Crippen molar-refractivity contribution in [3.05, 3.63) is 83.1 Å². The number of halogens is 2. The Balaban J connectivity index is 1.89. The molecule has 0 unspecified atom stereocenters. The predicted molar refractivity (Wildman–Crippen MR) is 131 cm³/mol. The molecule has 1 aromatic heterocycles. The summed E-state index contributed by atoms with van der Waals surface area (Å²) >= 11 is 0. The number of nitrogens with two attached hydrogens (primary N) is 1. The number of carboxylic acids is 1. The maximum Gasteiger partial charge on any atom is 0.335 e. The minimum Gasteiger partial charge on any atom is -0.478 e. The van der Waals surface area contributed by atoms with Crippen LogP contribution in [0.4, 0.5) is 14.5 Å². The first-order valence-electron chi connectivity index (χ1n) is 11.2. The molecule has 5 rings (SSSR count). The largest absolute Gasteiger partial charge is 0.478 e. The molecule has 4 N–H and O–H groups in total. The number of aromatic carboxylic acids is 1. The Kier molecular flexibility index (Phi) is 5.82. The lowest BCUT2D eigenvalue weighted by Gasteiger charge is -2.26. The number of hydrogen-bond donors (Lipinski definition) is 3. The second-order valence-electron chi connectivity index (χ2n) is 8.61. The molecule has 1 aliphatic rings. The zero-order chi connectivity index (χ0) is 24.7. The van der Waals surface area contributed by atoms with Gasteiger partial charge in [-0.2, -0.15) is 0 Å². The fourth-order valence-electron chi connectivity index (χ4n) is 4.85. The number of benzene rings is 3. The number of carboxylic acid groups (broad SMARTS) is 1. The number of ether oxygens (including phenoxy) is 1. The van der Waals surface area contributed by atoms with Crippen molar-refractivity contribution in [3.8, 4) is 16.8 Å². The molecule has 0 amide bonds. The van der Waals surface area contributed by atoms with Crippen LogP contribution < -0.4 is 5.73 Å². The van der Waals surface area contributed by atoms with Crippen molar-refractivity contribution in [2.45, 2.75) is 18.8 Å². The number of nitrogens with one attached hydrogen (secondary N) is 1. The van der Waals surface area contributed by atoms with E-state index in [0.717, 1.165) is 53.4 Å². The van der Waals surface area contributed by atoms with Crippen LogP contribution in [0, 0.1) is 17.0 Å². The summed E-state index contributed by atoms with van der Waals surface area (Å²) in [5.41, 5.74) is 11.0. The molecule has 35 heavy (non-hydrogen) atoms. The van der Waals surface area contributed by atoms with Crippen LogP contribution in [0.5, 0.6) is 0 Å². The van der Waals surface area contributed by atoms with E-state index in [4.69, 9.17) is 15.9 Å². The van der Waals surface area contributed by atoms with Crippen LogP contribution >= 0.6 is 0 Å². The Bertz CT molecular complexity index is 1460. The summed E-state index contributed by atoms with van der Waals surface area (Å²) in [6.07, 6.45) is 2.62. The van der Waals surface area contributed by atoms with Gasteiger partial charge in [-0.1, -0.05) is 12.1 Å². The van der Waals surface area contributed by atoms with E-state index in [9.17, 15) is 18.7 Å². The molecule has 1 saturated heterocycles. The van der Waals surface area contributed by atoms with Gasteiger partial charge in [-0.15, -0.1) is 0 Å². The second-order valence-corrected chi connectivity index (χ2v) is 8.61. The van der Waals surface area contributed by atoms with Crippen molar-refractivity contribution in [1.82, 2.24) is 4.57 Å². The summed E-state index contributed by atoms with van der Waals surface area (Å²) in [7, 11) is 0. The van der Waals surface area contributed by atoms with Crippen LogP contribution in [0.3, 0.4) is 0 Å². The highest BCUT2D eigenvalue weighted by molar-refractivity contribution is 6.05. The minimum atomic E-state index is -1.02. The van der Waals surface area contributed by atoms with Gasteiger partial charge in [0, 0.05) is 65.0 Å². The van der Waals surface area contributed by atoms with E-state index < -0.39 is 17.6 Å². The van der Waals surface area contributed by atoms with Crippen molar-refractivity contribution in [1.29, 1.82) is 5.41 Å². The number of hydrogen-bond acceptors (Lipinski definition) is 4. The Labute approximate surface area is 200 Å². The van der Waals surface area contributed by atoms with Crippen LogP contribution in [0.2, 0.25) is 0 Å². The fraction of sp³-hybridized carbons (Fsp3) is 0.185. The lowest BCUT2D eigenvalue weighted by Crippen LogP contribution is -2.17. The number of anilines is 1. The SMILES string of the molecule is N=Cc1cc2c(cc1N)c(-c1ccc(C(=O)O)cc1)c(C1CCOCC1)n2-c1ccc(F)c(F)c1. The molecule has 0 bridgehead atoms. The lowest BCUT2D eigenvalue weighted by molar-refractivity contribution is 0.0697. The third-order valence-electron chi connectivity index (χ3n) is 6.55. The smallest absolute Gasteiger partial charge is 0.335 e. The first-order chi connectivity index (χ1) is 16.9. The van der Waals surface area contributed by atoms with Crippen LogP contribution in [0.15, 0.2) is 54.6 Å². The van der Waals surface area contributed by atoms with Gasteiger partial charge < -0.3 is 25.6 Å². The third-order valence-corrected chi connectivity index (χ3v) is 6.55. The summed E-state index contributed by atoms with van der Waals surface area (Å²) in [5, 5.41) is 17.9. The van der Waals surface area contributed by atoms with E-state index in [1.54, 1.807) is 36.4 Å². The van der Waals surface area contributed by atoms with Gasteiger partial charge >= 0.3 is 5.97 Å². The lowest BCUT2D eigenvalue weighted by atomic mass is 9.89. The van der Waals surface area contributed by atoms with E-state index in [-0.39, 0.29) is 11.5 Å². The highest BCUT2D eigenvalue weighted by atomic mass is 19.2. The fourth-order valence-corrected chi connectivity index (χ4v) is 4.85. The monoisotopic (exact) mass is 475 g/mol. The van der Waals surface area contributed by atoms with Gasteiger partial charge in [0.2, 0.25) is 0 Å². The van der Waals surface area contributed by atoms with Crippen molar-refractivity contribution >= 4 is 28.8 Å². The van der Waals surface area contributed by atoms with Gasteiger partial charge in [0.1, 0.15) is 0 Å². The number of nitrogen functional groups attached to an aromatic ring is 1. The third kappa shape index (κ3) is 3.95. The average Bonchev–Trinajstić information content (AvgIpc) is 3.19. The zero-order valence-electron chi connectivity index (χ0n) is 18.7. The topological polar surface area (TPSA) is 101 Å². The molecule has 2 heterocycles. The Morgan fingerprint density at radius 2 is 1.77 bits per heavy atom. The van der Waals surface area contributed by atoms with Gasteiger partial charge in [0.15, 0.2) is 11.6 Å². The van der Waals surface area contributed by atoms with Gasteiger partial charge in [0.25, 0.3) is 0 Å². The zero-order valence-corrected chi connectivity index (χ0v) is 18.7. The molecule has 178 valence electrons. The maximum atomic E-state index is 14.4. The van der Waals surface area contributed by atoms with E-state index in [2.05, 4.69) is 0 Å². The highest BCUT2D eigenvalue weighted by Crippen LogP contribution is 2.44. The number of rotatable bonds is 5. The first kappa shape index (κ1) is 22.7. The molecular formula is C27H23F2N3O3. The normalized spacial score (nSPS) is 14.3. The van der Waals surface area contributed by atoms with Crippen molar-refractivity contribution in [2.24, 2.45) is 0 Å². The number of carbonyl (C=O) groups is 1. The van der Waals surface area contributed by atoms with Gasteiger partial charge in [-0.25, -0.2) is 13.6 Å². The minimum absolute atomic E-state index is 0.0445. The number of nitrogens with zero attached hydrogens (tertiary/aromatic N) is 1. The summed E-state index contributed by atoms with van der Waals surface area (Å²) in [6.45, 7) is 1.13. The summed E-state index contributed by atoms with van der Waals surface area (Å²) in [4.78, 5) is 11.4. The van der Waals surface area contributed by atoms with Crippen molar-refractivity contribution in [2.75, 3.05) is 18.9 Å². The van der Waals surface area contributed by atoms with E-state index in [1.165, 1.54) is 6.07 Å². The van der Waals surface area contributed by atoms with E-state index in [0.29, 0.717) is 35.7 Å². The van der Waals surface area contributed by atoms with Crippen molar-refractivity contribution < 1.29 is 23.4 Å². The summed E-state index contributed by atoms with van der Waals surface area (Å²) < 4.78 is 35.7. The van der Waals surface area contributed by atoms with Gasteiger partial charge in [0.05, 0.1) is 11.1 Å². The highest BCUT2D eigenvalue weighted by Gasteiger charge is 2.28. The number of fused-ring (bicyclic) bond motifs is 1. The van der Waals surface area contributed by atoms with Crippen LogP contribution in [-0.4, -0.2) is 35.1 Å². The summed E-state index contributed by atoms with van der Waals surface area (Å²) in [6, 6.07) is 13.9. The average molecular weight is 475 g/mol. The Morgan fingerprint density at radius 3 is 2.40 bits per heavy atom. The molecule has 8 heteroatoms. The standard InChI is InChI=1S/C27H23F2N3O3/c28-21-6-5-19(12-22(21)29)32-24-11-18(14-30)23(31)13-20(24)25(26(32)16-7-9-35-10-8-16)15-1-3-17(4-2-15)27(33)34/h1-6,11-14,16,30H,7-10,31H2,(H,33,34). The van der Waals surface area contributed by atoms with E-state index in [1.807, 2.05) is 4.57 Å². The van der Waals surface area contributed by atoms with Gasteiger partial charge in [-0.3, -0.25) is 0 Å². The van der Waals surface area contributed by atoms with Gasteiger partial charge in [-0.05, 0) is 54.8 Å². The summed E-state index contributed by atoms with van der Waals surface area (Å²) in [5.74, 6) is -2.88. The molecule has 0 atom stereocenters. The molecule has 3 aromatic carbocycles. The van der Waals surface area contributed by atoms with E-state index >= 15 is 0 Å². The molecule has 4 aromatic rings. The quantitative estimate of drug-likeness (QED) is 0.253. The second kappa shape index (κ2) is 8.96. The predicted octanol–water partition coefficient (Wildman–Crippen LogP) is 5.75. The molecule has 6 nitrogen and oxygen atoms in total. The Hall–Kier alpha value is -4.04. The molecule has 0 aliphatic carbocycles. The van der Waals surface area contributed by atoms with Crippen LogP contribution in [0.25, 0.3) is 27.7 Å². The molecular weight excluding hydrogens is 452 g/mol. The Morgan fingerprint density at radius 1 is 1.06 bits per heavy atom. The number of aromatic nitrogens is 1. The van der Waals surface area contributed by atoms with Crippen LogP contribution in [-0.2, 0) is 4.74 Å². The molecule has 0 radical (unpaired) electrons. The molecule has 1 aliphatic heterocycles. The molecule has 1 fully saturated rings. The first-order valence-corrected chi connectivity index (χ1v) is 11.2. The molecule has 0 saturated carbocycles. The molecule has 0 spiro atoms. The van der Waals surface area contributed by atoms with Crippen LogP contribution in [0.1, 0.15) is 40.4 Å².